The van der Waals surface area contributed by atoms with E-state index in [1.54, 1.807) is 0 Å². The van der Waals surface area contributed by atoms with Gasteiger partial charge >= 0.3 is 15.9 Å². The molecule has 14 heteroatoms. The van der Waals surface area contributed by atoms with Gasteiger partial charge in [0.05, 0.1) is 19.8 Å². The van der Waals surface area contributed by atoms with Crippen LogP contribution in [0.2, 0.25) is 0 Å². The second kappa shape index (κ2) is 13.9. The Balaban J connectivity index is -0.000000230. The van der Waals surface area contributed by atoms with Crippen molar-refractivity contribution in [2.75, 3.05) is 19.8 Å². The molecule has 9 N–H and O–H groups in total. The SMILES string of the molecule is O=P(O)(O)O.O=[P+]([O-])C(O)C(O)CO.OCC(O)CO. The first kappa shape index (κ1) is 24.9. The molecular formula is C6H18O12P2. The van der Waals surface area contributed by atoms with Crippen LogP contribution in [0.4, 0.5) is 0 Å². The van der Waals surface area contributed by atoms with Crippen LogP contribution >= 0.6 is 15.9 Å². The third-order valence-corrected chi connectivity index (χ3v) is 1.94. The molecule has 0 bridgehead atoms. The number of hydrogen-bond acceptors (Lipinski definition) is 9. The van der Waals surface area contributed by atoms with E-state index in [0.717, 1.165) is 0 Å². The van der Waals surface area contributed by atoms with Crippen molar-refractivity contribution < 1.29 is 59.3 Å². The molecule has 0 aromatic rings. The summed E-state index contributed by atoms with van der Waals surface area (Å²) in [5.41, 5.74) is 0. The van der Waals surface area contributed by atoms with Crippen molar-refractivity contribution in [2.24, 2.45) is 0 Å². The molecule has 0 aliphatic heterocycles. The first-order valence-electron chi connectivity index (χ1n) is 4.69. The first-order valence-corrected chi connectivity index (χ1v) is 7.50. The molecule has 3 atom stereocenters. The minimum atomic E-state index is -4.64. The fraction of sp³-hybridized carbons (Fsp3) is 1.00. The second-order valence-electron chi connectivity index (χ2n) is 2.98. The number of aliphatic hydroxyl groups is 6. The molecule has 0 aliphatic rings. The van der Waals surface area contributed by atoms with E-state index in [0.29, 0.717) is 0 Å². The van der Waals surface area contributed by atoms with Crippen LogP contribution in [0.15, 0.2) is 0 Å². The van der Waals surface area contributed by atoms with Gasteiger partial charge in [0.1, 0.15) is 12.2 Å². The van der Waals surface area contributed by atoms with Gasteiger partial charge in [0.25, 0.3) is 5.85 Å². The van der Waals surface area contributed by atoms with Crippen molar-refractivity contribution in [3.8, 4) is 0 Å². The van der Waals surface area contributed by atoms with E-state index in [2.05, 4.69) is 0 Å². The summed E-state index contributed by atoms with van der Waals surface area (Å²) in [7, 11) is -7.70. The van der Waals surface area contributed by atoms with Crippen molar-refractivity contribution >= 4 is 15.9 Å². The fourth-order valence-corrected chi connectivity index (χ4v) is 0.668. The van der Waals surface area contributed by atoms with E-state index in [1.165, 1.54) is 0 Å². The van der Waals surface area contributed by atoms with Crippen molar-refractivity contribution in [3.05, 3.63) is 0 Å². The summed E-state index contributed by atoms with van der Waals surface area (Å²) in [6.45, 7) is -1.49. The Morgan fingerprint density at radius 1 is 0.950 bits per heavy atom. The maximum atomic E-state index is 9.82. The molecule has 0 saturated carbocycles. The van der Waals surface area contributed by atoms with Crippen molar-refractivity contribution in [2.45, 2.75) is 18.1 Å². The summed E-state index contributed by atoms with van der Waals surface area (Å²) in [5.74, 6) is -1.86. The number of rotatable bonds is 5. The molecule has 0 saturated heterocycles. The minimum absolute atomic E-state index is 0.365. The maximum absolute atomic E-state index is 9.82. The number of phosphoric acid groups is 1. The lowest BCUT2D eigenvalue weighted by Gasteiger charge is -2.05. The average Bonchev–Trinajstić information content (AvgIpc) is 2.34. The topological polar surface area (TPSA) is 239 Å². The Kier molecular flexibility index (Phi) is 17.3. The molecule has 0 spiro atoms. The predicted octanol–water partition coefficient (Wildman–Crippen LogP) is -4.84. The van der Waals surface area contributed by atoms with Crippen LogP contribution in [0, 0.1) is 0 Å². The molecule has 0 fully saturated rings. The molecule has 3 unspecified atom stereocenters. The van der Waals surface area contributed by atoms with Crippen LogP contribution in [0.1, 0.15) is 0 Å². The van der Waals surface area contributed by atoms with Crippen molar-refractivity contribution in [3.63, 3.8) is 0 Å². The Bertz CT molecular complexity index is 267. The summed E-state index contributed by atoms with van der Waals surface area (Å²) in [5, 5.41) is 48.9. The van der Waals surface area contributed by atoms with Gasteiger partial charge in [0.15, 0.2) is 0 Å². The van der Waals surface area contributed by atoms with Gasteiger partial charge in [-0.1, -0.05) is 4.57 Å². The zero-order chi connectivity index (χ0) is 16.9. The average molecular weight is 344 g/mol. The zero-order valence-corrected chi connectivity index (χ0v) is 11.8. The van der Waals surface area contributed by atoms with Gasteiger partial charge in [-0.05, 0) is 0 Å². The molecule has 124 valence electrons. The smallest absolute Gasteiger partial charge is 0.466 e. The zero-order valence-electron chi connectivity index (χ0n) is 10.00. The van der Waals surface area contributed by atoms with Gasteiger partial charge in [0.2, 0.25) is 0 Å². The highest BCUT2D eigenvalue weighted by Crippen LogP contribution is 2.25. The second-order valence-corrected chi connectivity index (χ2v) is 5.11. The Hall–Kier alpha value is -0.0700. The van der Waals surface area contributed by atoms with Gasteiger partial charge in [-0.25, -0.2) is 4.57 Å². The van der Waals surface area contributed by atoms with Crippen molar-refractivity contribution in [1.82, 2.24) is 0 Å². The van der Waals surface area contributed by atoms with Crippen LogP contribution in [0.25, 0.3) is 0 Å². The van der Waals surface area contributed by atoms with E-state index in [9.17, 15) is 9.46 Å². The highest BCUT2D eigenvalue weighted by atomic mass is 31.2. The Labute approximate surface area is 114 Å². The third kappa shape index (κ3) is 26.5. The van der Waals surface area contributed by atoms with Gasteiger partial charge in [0, 0.05) is 0 Å². The summed E-state index contributed by atoms with van der Waals surface area (Å²) in [6, 6.07) is 0. The lowest BCUT2D eigenvalue weighted by atomic mass is 10.4. The standard InChI is InChI=1S/C3H7O5P.C3H8O3.H3O4P/c4-1-2(5)3(6)9(7)8;4-1-3(6)2-5;1-5(2,3)4/h2-6H,1H2;3-6H,1-2H2;(H3,1,2,3,4). The van der Waals surface area contributed by atoms with Gasteiger partial charge < -0.3 is 50.2 Å². The van der Waals surface area contributed by atoms with E-state index in [4.69, 9.17) is 49.9 Å². The Morgan fingerprint density at radius 3 is 1.30 bits per heavy atom. The normalized spacial score (nSPS) is 14.4. The Morgan fingerprint density at radius 2 is 1.25 bits per heavy atom. The van der Waals surface area contributed by atoms with Gasteiger partial charge in [-0.15, -0.1) is 0 Å². The fourth-order valence-electron chi connectivity index (χ4n) is 0.293. The molecule has 0 rings (SSSR count). The van der Waals surface area contributed by atoms with Crippen LogP contribution in [0.5, 0.6) is 0 Å². The highest BCUT2D eigenvalue weighted by molar-refractivity contribution is 7.45. The largest absolute Gasteiger partial charge is 0.593 e. The first-order chi connectivity index (χ1) is 8.90. The highest BCUT2D eigenvalue weighted by Gasteiger charge is 2.26. The maximum Gasteiger partial charge on any atom is 0.466 e. The number of hydrogen-bond donors (Lipinski definition) is 9. The van der Waals surface area contributed by atoms with E-state index in [1.807, 2.05) is 0 Å². The predicted molar refractivity (Wildman–Crippen MR) is 61.1 cm³/mol. The third-order valence-electron chi connectivity index (χ3n) is 1.17. The monoisotopic (exact) mass is 344 g/mol. The van der Waals surface area contributed by atoms with Crippen LogP contribution in [-0.2, 0) is 9.13 Å². The lowest BCUT2D eigenvalue weighted by Crippen LogP contribution is -2.28. The molecule has 12 nitrogen and oxygen atoms in total. The van der Waals surface area contributed by atoms with Crippen LogP contribution < -0.4 is 4.89 Å². The quantitative estimate of drug-likeness (QED) is 0.213. The summed E-state index contributed by atoms with van der Waals surface area (Å²) in [4.78, 5) is 31.4. The molecule has 0 aliphatic carbocycles. The number of aliphatic hydroxyl groups excluding tert-OH is 6. The minimum Gasteiger partial charge on any atom is -0.593 e. The summed E-state index contributed by atoms with van der Waals surface area (Å²) >= 11 is 0. The molecule has 0 heterocycles. The van der Waals surface area contributed by atoms with Crippen molar-refractivity contribution in [1.29, 1.82) is 0 Å². The molecule has 0 amide bonds. The summed E-state index contributed by atoms with van der Waals surface area (Å²) < 4.78 is 18.7. The van der Waals surface area contributed by atoms with E-state index >= 15 is 0 Å². The van der Waals surface area contributed by atoms with Gasteiger partial charge in [-0.2, -0.15) is 0 Å². The van der Waals surface area contributed by atoms with E-state index < -0.39 is 40.5 Å². The molecule has 0 radical (unpaired) electrons. The lowest BCUT2D eigenvalue weighted by molar-refractivity contribution is -0.176. The molecular weight excluding hydrogens is 326 g/mol. The molecule has 20 heavy (non-hydrogen) atoms. The summed E-state index contributed by atoms with van der Waals surface area (Å²) in [6.07, 6.45) is -2.55. The van der Waals surface area contributed by atoms with Gasteiger partial charge in [-0.3, -0.25) is 0 Å². The van der Waals surface area contributed by atoms with Crippen LogP contribution in [0.3, 0.4) is 0 Å². The molecule has 0 aromatic carbocycles. The van der Waals surface area contributed by atoms with E-state index in [-0.39, 0.29) is 13.2 Å². The van der Waals surface area contributed by atoms with Crippen LogP contribution in [-0.4, -0.2) is 83.2 Å². The molecule has 0 aromatic heterocycles.